The van der Waals surface area contributed by atoms with Gasteiger partial charge in [0.25, 0.3) is 0 Å². The average Bonchev–Trinajstić information content (AvgIpc) is 2.93. The van der Waals surface area contributed by atoms with E-state index in [0.717, 1.165) is 5.69 Å². The molecule has 8 heteroatoms. The van der Waals surface area contributed by atoms with Gasteiger partial charge in [-0.15, -0.1) is 5.10 Å². The van der Waals surface area contributed by atoms with Gasteiger partial charge < -0.3 is 4.43 Å². The van der Waals surface area contributed by atoms with Crippen LogP contribution in [0.3, 0.4) is 0 Å². The second-order valence-corrected chi connectivity index (χ2v) is 11.2. The maximum atomic E-state index is 8.95. The highest BCUT2D eigenvalue weighted by molar-refractivity contribution is 7.99. The van der Waals surface area contributed by atoms with Gasteiger partial charge in [-0.05, 0) is 42.2 Å². The van der Waals surface area contributed by atoms with E-state index in [1.807, 2.05) is 30.3 Å². The fraction of sp³-hybridized carbons (Fsp3) is 0.429. The van der Waals surface area contributed by atoms with Gasteiger partial charge in [-0.1, -0.05) is 30.0 Å². The normalized spacial score (nSPS) is 12.8. The summed E-state index contributed by atoms with van der Waals surface area (Å²) in [4.78, 5) is 0. The first-order valence-electron chi connectivity index (χ1n) is 7.01. The van der Waals surface area contributed by atoms with Gasteiger partial charge >= 0.3 is 0 Å². The van der Waals surface area contributed by atoms with Gasteiger partial charge in [0.2, 0.25) is 5.16 Å². The summed E-state index contributed by atoms with van der Waals surface area (Å²) in [6.45, 7) is 6.36. The third-order valence-electron chi connectivity index (χ3n) is 2.68. The van der Waals surface area contributed by atoms with Gasteiger partial charge in [-0.2, -0.15) is 9.94 Å². The van der Waals surface area contributed by atoms with Crippen LogP contribution in [0.5, 0.6) is 0 Å². The number of aromatic nitrogens is 4. The van der Waals surface area contributed by atoms with Crippen LogP contribution in [0, 0.1) is 11.3 Å². The van der Waals surface area contributed by atoms with Crippen molar-refractivity contribution in [3.05, 3.63) is 30.3 Å². The van der Waals surface area contributed by atoms with Crippen molar-refractivity contribution in [1.29, 1.82) is 5.26 Å². The van der Waals surface area contributed by atoms with Crippen LogP contribution >= 0.6 is 11.8 Å². The SMILES string of the molecule is C[Si](C)(C)OC(CC#N)CSc1nnnn1-c1ccccc1. The standard InChI is InChI=1S/C14H19N5OSSi/c1-22(2,3)20-13(9-10-15)11-21-14-16-17-18-19(14)12-7-5-4-6-8-12/h4-8,13H,9,11H2,1-3H3. The summed E-state index contributed by atoms with van der Waals surface area (Å²) in [6.07, 6.45) is 0.284. The summed E-state index contributed by atoms with van der Waals surface area (Å²) in [6, 6.07) is 11.9. The lowest BCUT2D eigenvalue weighted by Crippen LogP contribution is -2.33. The van der Waals surface area contributed by atoms with Gasteiger partial charge in [-0.3, -0.25) is 0 Å². The largest absolute Gasteiger partial charge is 0.413 e. The van der Waals surface area contributed by atoms with E-state index < -0.39 is 8.32 Å². The number of tetrazole rings is 1. The zero-order valence-electron chi connectivity index (χ0n) is 12.9. The van der Waals surface area contributed by atoms with E-state index in [2.05, 4.69) is 41.2 Å². The van der Waals surface area contributed by atoms with E-state index in [1.54, 1.807) is 4.68 Å². The Hall–Kier alpha value is -1.69. The van der Waals surface area contributed by atoms with E-state index >= 15 is 0 Å². The molecule has 2 aromatic rings. The van der Waals surface area contributed by atoms with E-state index in [1.165, 1.54) is 11.8 Å². The van der Waals surface area contributed by atoms with E-state index in [-0.39, 0.29) is 6.10 Å². The maximum absolute atomic E-state index is 8.95. The van der Waals surface area contributed by atoms with Gasteiger partial charge in [0.15, 0.2) is 8.32 Å². The first-order valence-corrected chi connectivity index (χ1v) is 11.4. The zero-order valence-corrected chi connectivity index (χ0v) is 14.7. The highest BCUT2D eigenvalue weighted by Crippen LogP contribution is 2.22. The highest BCUT2D eigenvalue weighted by atomic mass is 32.2. The first kappa shape index (κ1) is 16.7. The molecule has 0 aliphatic heterocycles. The second-order valence-electron chi connectivity index (χ2n) is 5.73. The molecule has 1 atom stereocenters. The molecule has 6 nitrogen and oxygen atoms in total. The van der Waals surface area contributed by atoms with Crippen molar-refractivity contribution in [3.8, 4) is 11.8 Å². The molecular weight excluding hydrogens is 314 g/mol. The maximum Gasteiger partial charge on any atom is 0.214 e. The lowest BCUT2D eigenvalue weighted by molar-refractivity contribution is 0.224. The molecule has 0 saturated carbocycles. The van der Waals surface area contributed by atoms with Crippen molar-refractivity contribution in [3.63, 3.8) is 0 Å². The Balaban J connectivity index is 2.05. The van der Waals surface area contributed by atoms with Crippen molar-refractivity contribution < 1.29 is 4.43 Å². The average molecular weight is 333 g/mol. The lowest BCUT2D eigenvalue weighted by Gasteiger charge is -2.24. The molecule has 1 unspecified atom stereocenters. The molecule has 0 N–H and O–H groups in total. The Morgan fingerprint density at radius 1 is 1.32 bits per heavy atom. The topological polar surface area (TPSA) is 76.6 Å². The summed E-state index contributed by atoms with van der Waals surface area (Å²) in [5, 5.41) is 21.5. The summed E-state index contributed by atoms with van der Waals surface area (Å²) >= 11 is 1.51. The van der Waals surface area contributed by atoms with E-state index in [9.17, 15) is 0 Å². The van der Waals surface area contributed by atoms with Crippen LogP contribution in [-0.4, -0.2) is 40.4 Å². The van der Waals surface area contributed by atoms with Crippen LogP contribution in [0.4, 0.5) is 0 Å². The summed E-state index contributed by atoms with van der Waals surface area (Å²) in [7, 11) is -1.68. The molecule has 22 heavy (non-hydrogen) atoms. The van der Waals surface area contributed by atoms with E-state index in [0.29, 0.717) is 17.3 Å². The van der Waals surface area contributed by atoms with Crippen molar-refractivity contribution in [2.75, 3.05) is 5.75 Å². The van der Waals surface area contributed by atoms with Crippen LogP contribution in [0.2, 0.25) is 19.6 Å². The molecule has 116 valence electrons. The monoisotopic (exact) mass is 333 g/mol. The smallest absolute Gasteiger partial charge is 0.214 e. The number of rotatable bonds is 7. The summed E-state index contributed by atoms with van der Waals surface area (Å²) < 4.78 is 7.74. The third-order valence-corrected chi connectivity index (χ3v) is 4.77. The van der Waals surface area contributed by atoms with Crippen LogP contribution in [0.1, 0.15) is 6.42 Å². The minimum absolute atomic E-state index is 0.0948. The molecule has 0 aliphatic carbocycles. The molecule has 0 radical (unpaired) electrons. The lowest BCUT2D eigenvalue weighted by atomic mass is 10.3. The molecule has 0 fully saturated rings. The highest BCUT2D eigenvalue weighted by Gasteiger charge is 2.22. The Morgan fingerprint density at radius 2 is 2.05 bits per heavy atom. The van der Waals surface area contributed by atoms with Crippen molar-refractivity contribution in [2.24, 2.45) is 0 Å². The summed E-state index contributed by atoms with van der Waals surface area (Å²) in [5.74, 6) is 0.658. The predicted octanol–water partition coefficient (Wildman–Crippen LogP) is 2.89. The molecule has 0 saturated heterocycles. The Kier molecular flexibility index (Phi) is 5.71. The summed E-state index contributed by atoms with van der Waals surface area (Å²) in [5.41, 5.74) is 0.915. The van der Waals surface area contributed by atoms with Crippen LogP contribution < -0.4 is 0 Å². The zero-order chi connectivity index (χ0) is 16.0. The van der Waals surface area contributed by atoms with Gasteiger partial charge in [0.1, 0.15) is 0 Å². The predicted molar refractivity (Wildman–Crippen MR) is 88.3 cm³/mol. The molecule has 1 heterocycles. The number of nitrogens with zero attached hydrogens (tertiary/aromatic N) is 5. The Morgan fingerprint density at radius 3 is 2.68 bits per heavy atom. The third kappa shape index (κ3) is 4.94. The van der Waals surface area contributed by atoms with E-state index in [4.69, 9.17) is 9.69 Å². The number of para-hydroxylation sites is 1. The number of hydrogen-bond donors (Lipinski definition) is 0. The fourth-order valence-corrected chi connectivity index (χ4v) is 4.07. The molecule has 1 aromatic carbocycles. The van der Waals surface area contributed by atoms with Crippen LogP contribution in [0.25, 0.3) is 5.69 Å². The molecule has 2 rings (SSSR count). The van der Waals surface area contributed by atoms with Crippen LogP contribution in [0.15, 0.2) is 35.5 Å². The molecule has 0 spiro atoms. The van der Waals surface area contributed by atoms with Crippen LogP contribution in [-0.2, 0) is 4.43 Å². The molecule has 1 aromatic heterocycles. The first-order chi connectivity index (χ1) is 10.5. The number of benzene rings is 1. The van der Waals surface area contributed by atoms with Gasteiger partial charge in [-0.25, -0.2) is 0 Å². The molecule has 0 bridgehead atoms. The second kappa shape index (κ2) is 7.53. The Bertz CT molecular complexity index is 635. The fourth-order valence-electron chi connectivity index (χ4n) is 1.90. The number of nitriles is 1. The molecule has 0 amide bonds. The Labute approximate surface area is 135 Å². The molecule has 0 aliphatic rings. The number of hydrogen-bond acceptors (Lipinski definition) is 6. The van der Waals surface area contributed by atoms with Gasteiger partial charge in [0, 0.05) is 5.75 Å². The van der Waals surface area contributed by atoms with Crippen molar-refractivity contribution in [2.45, 2.75) is 37.3 Å². The minimum Gasteiger partial charge on any atom is -0.413 e. The van der Waals surface area contributed by atoms with Crippen molar-refractivity contribution >= 4 is 20.1 Å². The molecular formula is C14H19N5OSSi. The minimum atomic E-state index is -1.68. The van der Waals surface area contributed by atoms with Crippen molar-refractivity contribution in [1.82, 2.24) is 20.2 Å². The van der Waals surface area contributed by atoms with Gasteiger partial charge in [0.05, 0.1) is 24.3 Å². The quantitative estimate of drug-likeness (QED) is 0.573. The number of thioether (sulfide) groups is 1.